The van der Waals surface area contributed by atoms with Crippen molar-refractivity contribution in [1.82, 2.24) is 5.32 Å². The molecule has 0 fully saturated rings. The van der Waals surface area contributed by atoms with Crippen LogP contribution in [0.5, 0.6) is 5.75 Å². The number of benzene rings is 1. The van der Waals surface area contributed by atoms with E-state index in [1.54, 1.807) is 0 Å². The minimum absolute atomic E-state index is 0.00842. The number of ether oxygens (including phenoxy) is 1. The van der Waals surface area contributed by atoms with Gasteiger partial charge in [0.15, 0.2) is 5.78 Å². The SMILES string of the molecule is CC(C)[C@@H]1NC(=O)[C@@H](C)Cc2ccc(cc2)OCCCC[C@@H](CO)CC1=O. The highest BCUT2D eigenvalue weighted by atomic mass is 16.5. The Labute approximate surface area is 162 Å². The lowest BCUT2D eigenvalue weighted by atomic mass is 9.89. The molecular formula is C22H33NO4. The molecule has 1 aromatic carbocycles. The van der Waals surface area contributed by atoms with Crippen molar-refractivity contribution in [2.75, 3.05) is 13.2 Å². The normalized spacial score (nSPS) is 25.7. The lowest BCUT2D eigenvalue weighted by Gasteiger charge is -2.25. The van der Waals surface area contributed by atoms with Crippen LogP contribution in [0.15, 0.2) is 24.3 Å². The third-order valence-electron chi connectivity index (χ3n) is 5.25. The van der Waals surface area contributed by atoms with Crippen molar-refractivity contribution in [3.8, 4) is 5.75 Å². The zero-order chi connectivity index (χ0) is 19.8. The Balaban J connectivity index is 2.17. The fourth-order valence-corrected chi connectivity index (χ4v) is 3.48. The first-order valence-corrected chi connectivity index (χ1v) is 10.1. The first-order chi connectivity index (χ1) is 12.9. The van der Waals surface area contributed by atoms with Crippen molar-refractivity contribution in [1.29, 1.82) is 0 Å². The van der Waals surface area contributed by atoms with E-state index in [4.69, 9.17) is 4.74 Å². The molecule has 2 aliphatic rings. The molecule has 150 valence electrons. The van der Waals surface area contributed by atoms with E-state index in [0.29, 0.717) is 19.4 Å². The van der Waals surface area contributed by atoms with E-state index in [0.717, 1.165) is 30.6 Å². The predicted molar refractivity (Wildman–Crippen MR) is 106 cm³/mol. The van der Waals surface area contributed by atoms with Crippen LogP contribution in [0.1, 0.15) is 52.0 Å². The molecule has 0 saturated carbocycles. The van der Waals surface area contributed by atoms with Crippen molar-refractivity contribution in [3.05, 3.63) is 29.8 Å². The Kier molecular flexibility index (Phi) is 8.29. The molecule has 3 rings (SSSR count). The third kappa shape index (κ3) is 6.65. The van der Waals surface area contributed by atoms with Crippen LogP contribution in [0.4, 0.5) is 0 Å². The van der Waals surface area contributed by atoms with Gasteiger partial charge in [0.2, 0.25) is 5.91 Å². The molecule has 0 spiro atoms. The first-order valence-electron chi connectivity index (χ1n) is 10.1. The number of aliphatic hydroxyl groups is 1. The van der Waals surface area contributed by atoms with Gasteiger partial charge in [-0.2, -0.15) is 0 Å². The number of fused-ring (bicyclic) bond motifs is 14. The molecule has 0 unspecified atom stereocenters. The molecule has 2 bridgehead atoms. The van der Waals surface area contributed by atoms with E-state index in [9.17, 15) is 14.7 Å². The van der Waals surface area contributed by atoms with Gasteiger partial charge in [-0.15, -0.1) is 0 Å². The average molecular weight is 376 g/mol. The molecule has 27 heavy (non-hydrogen) atoms. The van der Waals surface area contributed by atoms with E-state index in [1.165, 1.54) is 0 Å². The molecule has 0 radical (unpaired) electrons. The fourth-order valence-electron chi connectivity index (χ4n) is 3.48. The second-order valence-corrected chi connectivity index (χ2v) is 8.04. The van der Waals surface area contributed by atoms with Gasteiger partial charge in [-0.3, -0.25) is 9.59 Å². The maximum absolute atomic E-state index is 12.8. The van der Waals surface area contributed by atoms with Gasteiger partial charge in [-0.1, -0.05) is 32.9 Å². The first kappa shape index (κ1) is 21.4. The number of carbonyl (C=O) groups excluding carboxylic acids is 2. The number of hydrogen-bond donors (Lipinski definition) is 2. The lowest BCUT2D eigenvalue weighted by molar-refractivity contribution is -0.131. The van der Waals surface area contributed by atoms with Crippen LogP contribution in [0, 0.1) is 17.8 Å². The van der Waals surface area contributed by atoms with E-state index >= 15 is 0 Å². The van der Waals surface area contributed by atoms with Crippen LogP contribution in [-0.4, -0.2) is 36.1 Å². The highest BCUT2D eigenvalue weighted by Crippen LogP contribution is 2.19. The van der Waals surface area contributed by atoms with Crippen LogP contribution in [-0.2, 0) is 16.0 Å². The molecule has 2 heterocycles. The molecule has 5 heteroatoms. The van der Waals surface area contributed by atoms with Crippen LogP contribution in [0.25, 0.3) is 0 Å². The Morgan fingerprint density at radius 3 is 2.48 bits per heavy atom. The van der Waals surface area contributed by atoms with Crippen LogP contribution < -0.4 is 10.1 Å². The number of aliphatic hydroxyl groups excluding tert-OH is 1. The summed E-state index contributed by atoms with van der Waals surface area (Å²) in [6.45, 7) is 6.38. The number of hydrogen-bond acceptors (Lipinski definition) is 4. The summed E-state index contributed by atoms with van der Waals surface area (Å²) >= 11 is 0. The van der Waals surface area contributed by atoms with E-state index in [1.807, 2.05) is 45.0 Å². The molecule has 0 aliphatic carbocycles. The number of Topliss-reactive ketones (excluding diaryl/α,β-unsaturated/α-hetero) is 1. The maximum Gasteiger partial charge on any atom is 0.223 e. The average Bonchev–Trinajstić information content (AvgIpc) is 2.64. The van der Waals surface area contributed by atoms with Gasteiger partial charge in [0, 0.05) is 18.9 Å². The molecule has 0 aromatic heterocycles. The maximum atomic E-state index is 12.8. The summed E-state index contributed by atoms with van der Waals surface area (Å²) in [5.74, 6) is 0.454. The Bertz CT molecular complexity index is 611. The van der Waals surface area contributed by atoms with Crippen molar-refractivity contribution in [2.24, 2.45) is 17.8 Å². The minimum atomic E-state index is -0.504. The van der Waals surface area contributed by atoms with Crippen molar-refractivity contribution >= 4 is 11.7 Å². The molecule has 1 amide bonds. The van der Waals surface area contributed by atoms with Gasteiger partial charge in [0.1, 0.15) is 5.75 Å². The Morgan fingerprint density at radius 1 is 1.15 bits per heavy atom. The summed E-state index contributed by atoms with van der Waals surface area (Å²) in [6.07, 6.45) is 3.47. The van der Waals surface area contributed by atoms with Crippen molar-refractivity contribution < 1.29 is 19.4 Å². The number of amides is 1. The van der Waals surface area contributed by atoms with E-state index in [2.05, 4.69) is 5.32 Å². The van der Waals surface area contributed by atoms with Crippen molar-refractivity contribution in [3.63, 3.8) is 0 Å². The Morgan fingerprint density at radius 2 is 1.85 bits per heavy atom. The molecule has 2 N–H and O–H groups in total. The van der Waals surface area contributed by atoms with Gasteiger partial charge in [-0.25, -0.2) is 0 Å². The Hall–Kier alpha value is -1.88. The van der Waals surface area contributed by atoms with Gasteiger partial charge < -0.3 is 15.2 Å². The predicted octanol–water partition coefficient (Wildman–Crippen LogP) is 3.14. The topological polar surface area (TPSA) is 75.6 Å². The molecule has 5 nitrogen and oxygen atoms in total. The number of rotatable bonds is 2. The summed E-state index contributed by atoms with van der Waals surface area (Å²) in [5, 5.41) is 12.6. The summed E-state index contributed by atoms with van der Waals surface area (Å²) in [4.78, 5) is 25.4. The highest BCUT2D eigenvalue weighted by molar-refractivity contribution is 5.90. The van der Waals surface area contributed by atoms with Crippen LogP contribution in [0.3, 0.4) is 0 Å². The van der Waals surface area contributed by atoms with E-state index in [-0.39, 0.29) is 36.1 Å². The highest BCUT2D eigenvalue weighted by Gasteiger charge is 2.28. The standard InChI is InChI=1S/C22H33NO4/c1-15(2)21-20(25)13-18(14-24)6-4-5-11-27-19-9-7-17(8-10-19)12-16(3)22(26)23-21/h7-10,15-16,18,21,24H,4-6,11-14H2,1-3H3,(H,23,26)/t16-,18+,21-/m0/s1. The summed E-state index contributed by atoms with van der Waals surface area (Å²) in [7, 11) is 0. The van der Waals surface area contributed by atoms with Gasteiger partial charge in [0.05, 0.1) is 12.6 Å². The van der Waals surface area contributed by atoms with Gasteiger partial charge in [0.25, 0.3) is 0 Å². The van der Waals surface area contributed by atoms with Gasteiger partial charge >= 0.3 is 0 Å². The smallest absolute Gasteiger partial charge is 0.223 e. The van der Waals surface area contributed by atoms with Crippen molar-refractivity contribution in [2.45, 2.75) is 58.9 Å². The fraction of sp³-hybridized carbons (Fsp3) is 0.636. The largest absolute Gasteiger partial charge is 0.494 e. The molecular weight excluding hydrogens is 342 g/mol. The lowest BCUT2D eigenvalue weighted by Crippen LogP contribution is -2.47. The summed E-state index contributed by atoms with van der Waals surface area (Å²) in [6, 6.07) is 7.36. The van der Waals surface area contributed by atoms with Crippen LogP contribution >= 0.6 is 0 Å². The number of carbonyl (C=O) groups is 2. The zero-order valence-corrected chi connectivity index (χ0v) is 16.7. The summed E-state index contributed by atoms with van der Waals surface area (Å²) < 4.78 is 5.76. The van der Waals surface area contributed by atoms with Gasteiger partial charge in [-0.05, 0) is 55.2 Å². The summed E-state index contributed by atoms with van der Waals surface area (Å²) in [5.41, 5.74) is 1.07. The number of ketones is 1. The zero-order valence-electron chi connectivity index (χ0n) is 16.7. The molecule has 1 aromatic rings. The molecule has 0 saturated heterocycles. The van der Waals surface area contributed by atoms with E-state index < -0.39 is 6.04 Å². The quantitative estimate of drug-likeness (QED) is 0.833. The molecule has 2 aliphatic heterocycles. The minimum Gasteiger partial charge on any atom is -0.494 e. The van der Waals surface area contributed by atoms with Crippen LogP contribution in [0.2, 0.25) is 0 Å². The second-order valence-electron chi connectivity index (χ2n) is 8.04. The second kappa shape index (κ2) is 10.5. The third-order valence-corrected chi connectivity index (χ3v) is 5.25. The molecule has 3 atom stereocenters. The monoisotopic (exact) mass is 375 g/mol. The number of nitrogens with one attached hydrogen (secondary N) is 1.